The maximum absolute atomic E-state index is 12.3. The Morgan fingerprint density at radius 2 is 2.00 bits per heavy atom. The normalized spacial score (nSPS) is 15.6. The number of alkyl halides is 2. The maximum atomic E-state index is 12.3. The van der Waals surface area contributed by atoms with Crippen LogP contribution in [0.1, 0.15) is 18.4 Å². The van der Waals surface area contributed by atoms with E-state index in [0.717, 1.165) is 5.56 Å². The van der Waals surface area contributed by atoms with Gasteiger partial charge in [-0.05, 0) is 50.0 Å². The molecule has 1 aliphatic rings. The van der Waals surface area contributed by atoms with Crippen molar-refractivity contribution in [1.82, 2.24) is 10.2 Å². The average Bonchev–Trinajstić information content (AvgIpc) is 2.62. The van der Waals surface area contributed by atoms with Crippen molar-refractivity contribution in [2.45, 2.75) is 25.9 Å². The molecule has 0 radical (unpaired) electrons. The van der Waals surface area contributed by atoms with E-state index in [1.54, 1.807) is 12.1 Å². The van der Waals surface area contributed by atoms with Crippen molar-refractivity contribution in [3.05, 3.63) is 23.8 Å². The Morgan fingerprint density at radius 1 is 1.30 bits per heavy atom. The molecule has 1 fully saturated rings. The highest BCUT2D eigenvalue weighted by molar-refractivity contribution is 5.78. The quantitative estimate of drug-likeness (QED) is 0.672. The zero-order valence-electron chi connectivity index (χ0n) is 15.1. The van der Waals surface area contributed by atoms with Gasteiger partial charge >= 0.3 is 12.6 Å². The molecule has 0 unspecified atom stereocenters. The minimum absolute atomic E-state index is 0.0370. The average molecular weight is 386 g/mol. The highest BCUT2D eigenvalue weighted by Crippen LogP contribution is 2.29. The van der Waals surface area contributed by atoms with Crippen LogP contribution in [0.2, 0.25) is 0 Å². The van der Waals surface area contributed by atoms with Crippen molar-refractivity contribution < 1.29 is 33.0 Å². The molecule has 0 bridgehead atoms. The van der Waals surface area contributed by atoms with E-state index < -0.39 is 12.6 Å². The van der Waals surface area contributed by atoms with Crippen LogP contribution in [0.5, 0.6) is 11.5 Å². The maximum Gasteiger partial charge on any atom is 0.387 e. The lowest BCUT2D eigenvalue weighted by Crippen LogP contribution is -2.43. The summed E-state index contributed by atoms with van der Waals surface area (Å²) in [5.41, 5.74) is 0.816. The number of nitrogens with zero attached hydrogens (tertiary/aromatic N) is 1. The van der Waals surface area contributed by atoms with Crippen molar-refractivity contribution in [3.63, 3.8) is 0 Å². The van der Waals surface area contributed by atoms with Crippen molar-refractivity contribution in [2.24, 2.45) is 5.92 Å². The Morgan fingerprint density at radius 3 is 2.59 bits per heavy atom. The summed E-state index contributed by atoms with van der Waals surface area (Å²) in [6.45, 7) is -1.12. The molecule has 1 saturated heterocycles. The number of likely N-dealkylation sites (tertiary alicyclic amines) is 1. The summed E-state index contributed by atoms with van der Waals surface area (Å²) in [7, 11) is 1.37. The summed E-state index contributed by atoms with van der Waals surface area (Å²) in [5.74, 6) is -1.06. The zero-order chi connectivity index (χ0) is 19.8. The van der Waals surface area contributed by atoms with Crippen LogP contribution in [0.3, 0.4) is 0 Å². The Labute approximate surface area is 156 Å². The van der Waals surface area contributed by atoms with Crippen LogP contribution >= 0.6 is 0 Å². The van der Waals surface area contributed by atoms with Crippen LogP contribution < -0.4 is 14.8 Å². The van der Waals surface area contributed by atoms with E-state index in [0.29, 0.717) is 38.9 Å². The first-order valence-corrected chi connectivity index (χ1v) is 8.72. The molecule has 1 heterocycles. The number of ether oxygens (including phenoxy) is 2. The van der Waals surface area contributed by atoms with Crippen molar-refractivity contribution >= 4 is 11.9 Å². The lowest BCUT2D eigenvalue weighted by molar-refractivity contribution is -0.143. The van der Waals surface area contributed by atoms with E-state index in [1.165, 1.54) is 13.2 Å². The first-order chi connectivity index (χ1) is 12.9. The largest absolute Gasteiger partial charge is 0.493 e. The van der Waals surface area contributed by atoms with Gasteiger partial charge in [0.25, 0.3) is 0 Å². The summed E-state index contributed by atoms with van der Waals surface area (Å²) < 4.78 is 34.1. The second-order valence-electron chi connectivity index (χ2n) is 6.35. The van der Waals surface area contributed by atoms with Crippen LogP contribution in [0, 0.1) is 5.92 Å². The number of carbonyl (C=O) groups is 2. The fraction of sp³-hybridized carbons (Fsp3) is 0.556. The molecule has 0 atom stereocenters. The third-order valence-electron chi connectivity index (χ3n) is 4.48. The molecule has 2 N–H and O–H groups in total. The Balaban J connectivity index is 1.74. The van der Waals surface area contributed by atoms with Gasteiger partial charge in [0.2, 0.25) is 5.91 Å². The predicted octanol–water partition coefficient (Wildman–Crippen LogP) is 1.75. The van der Waals surface area contributed by atoms with Gasteiger partial charge < -0.3 is 19.9 Å². The van der Waals surface area contributed by atoms with Crippen molar-refractivity contribution in [2.75, 3.05) is 33.3 Å². The van der Waals surface area contributed by atoms with Gasteiger partial charge in [0.1, 0.15) is 0 Å². The van der Waals surface area contributed by atoms with Gasteiger partial charge in [-0.3, -0.25) is 14.5 Å². The lowest BCUT2D eigenvalue weighted by Gasteiger charge is -2.29. The van der Waals surface area contributed by atoms with E-state index >= 15 is 0 Å². The number of carboxylic acids is 1. The number of nitrogens with one attached hydrogen (secondary N) is 1. The monoisotopic (exact) mass is 386 g/mol. The molecule has 1 amide bonds. The number of rotatable bonds is 9. The standard InChI is InChI=1S/C18H24F2N2O5/c1-26-15-10-12(2-3-14(15)27-18(19)20)4-7-21-16(23)11-22-8-5-13(6-9-22)17(24)25/h2-3,10,13,18H,4-9,11H2,1H3,(H,21,23)(H,24,25). The molecule has 1 aliphatic heterocycles. The van der Waals surface area contributed by atoms with Crippen LogP contribution in [0.15, 0.2) is 18.2 Å². The van der Waals surface area contributed by atoms with Crippen LogP contribution in [-0.2, 0) is 16.0 Å². The fourth-order valence-electron chi connectivity index (χ4n) is 3.00. The van der Waals surface area contributed by atoms with Crippen LogP contribution in [-0.4, -0.2) is 61.8 Å². The number of methoxy groups -OCH3 is 1. The molecule has 0 saturated carbocycles. The second kappa shape index (κ2) is 10.1. The number of piperidine rings is 1. The number of carbonyl (C=O) groups excluding carboxylic acids is 1. The molecule has 0 aromatic heterocycles. The molecular formula is C18H24F2N2O5. The fourth-order valence-corrected chi connectivity index (χ4v) is 3.00. The summed E-state index contributed by atoms with van der Waals surface area (Å²) >= 11 is 0. The molecule has 1 aromatic rings. The van der Waals surface area contributed by atoms with Crippen LogP contribution in [0.4, 0.5) is 8.78 Å². The molecule has 1 aromatic carbocycles. The smallest absolute Gasteiger partial charge is 0.387 e. The second-order valence-corrected chi connectivity index (χ2v) is 6.35. The first-order valence-electron chi connectivity index (χ1n) is 8.72. The molecule has 9 heteroatoms. The minimum Gasteiger partial charge on any atom is -0.493 e. The zero-order valence-corrected chi connectivity index (χ0v) is 15.1. The number of halogens is 2. The summed E-state index contributed by atoms with van der Waals surface area (Å²) in [6.07, 6.45) is 1.61. The van der Waals surface area contributed by atoms with Gasteiger partial charge in [-0.1, -0.05) is 6.07 Å². The van der Waals surface area contributed by atoms with E-state index in [2.05, 4.69) is 10.1 Å². The lowest BCUT2D eigenvalue weighted by atomic mass is 9.97. The first kappa shape index (κ1) is 20.9. The highest BCUT2D eigenvalue weighted by Gasteiger charge is 2.25. The van der Waals surface area contributed by atoms with Gasteiger partial charge in [0.05, 0.1) is 19.6 Å². The van der Waals surface area contributed by atoms with Gasteiger partial charge in [-0.25, -0.2) is 0 Å². The van der Waals surface area contributed by atoms with Gasteiger partial charge in [-0.2, -0.15) is 8.78 Å². The Hall–Kier alpha value is -2.42. The summed E-state index contributed by atoms with van der Waals surface area (Å²) in [6, 6.07) is 4.65. The Kier molecular flexibility index (Phi) is 7.78. The predicted molar refractivity (Wildman–Crippen MR) is 93.1 cm³/mol. The minimum atomic E-state index is -2.93. The summed E-state index contributed by atoms with van der Waals surface area (Å²) in [5, 5.41) is 11.8. The third-order valence-corrected chi connectivity index (χ3v) is 4.48. The van der Waals surface area contributed by atoms with E-state index in [4.69, 9.17) is 9.84 Å². The number of hydrogen-bond donors (Lipinski definition) is 2. The van der Waals surface area contributed by atoms with Gasteiger partial charge in [0, 0.05) is 6.54 Å². The van der Waals surface area contributed by atoms with E-state index in [-0.39, 0.29) is 29.9 Å². The molecule has 2 rings (SSSR count). The van der Waals surface area contributed by atoms with E-state index in [1.807, 2.05) is 4.90 Å². The molecule has 150 valence electrons. The number of benzene rings is 1. The number of carboxylic acid groups (broad SMARTS) is 1. The van der Waals surface area contributed by atoms with Crippen LogP contribution in [0.25, 0.3) is 0 Å². The number of aliphatic carboxylic acids is 1. The number of amides is 1. The van der Waals surface area contributed by atoms with E-state index in [9.17, 15) is 18.4 Å². The van der Waals surface area contributed by atoms with Crippen molar-refractivity contribution in [3.8, 4) is 11.5 Å². The van der Waals surface area contributed by atoms with Crippen molar-refractivity contribution in [1.29, 1.82) is 0 Å². The third kappa shape index (κ3) is 6.67. The highest BCUT2D eigenvalue weighted by atomic mass is 19.3. The number of hydrogen-bond acceptors (Lipinski definition) is 5. The Bertz CT molecular complexity index is 649. The SMILES string of the molecule is COc1cc(CCNC(=O)CN2CCC(C(=O)O)CC2)ccc1OC(F)F. The summed E-state index contributed by atoms with van der Waals surface area (Å²) in [4.78, 5) is 24.9. The van der Waals surface area contributed by atoms with Gasteiger partial charge in [-0.15, -0.1) is 0 Å². The topological polar surface area (TPSA) is 88.1 Å². The van der Waals surface area contributed by atoms with Gasteiger partial charge in [0.15, 0.2) is 11.5 Å². The molecule has 7 nitrogen and oxygen atoms in total. The molecule has 0 aliphatic carbocycles. The molecular weight excluding hydrogens is 362 g/mol. The molecule has 27 heavy (non-hydrogen) atoms. The molecule has 0 spiro atoms.